The average Bonchev–Trinajstić information content (AvgIpc) is 3.09. The minimum atomic E-state index is -4.66. The molecule has 152 valence electrons. The highest BCUT2D eigenvalue weighted by atomic mass is 32.2. The number of aryl methyl sites for hydroxylation is 1. The van der Waals surface area contributed by atoms with Crippen LogP contribution >= 0.6 is 0 Å². The number of alkyl halides is 3. The monoisotopic (exact) mass is 425 g/mol. The van der Waals surface area contributed by atoms with Crippen LogP contribution in [-0.4, -0.2) is 19.5 Å². The highest BCUT2D eigenvalue weighted by Gasteiger charge is 2.31. The molecule has 0 aliphatic carbocycles. The summed E-state index contributed by atoms with van der Waals surface area (Å²) in [5, 5.41) is 6.10. The molecular formula is C18H14F3N3O4S. The number of nitrogens with one attached hydrogen (secondary N) is 2. The van der Waals surface area contributed by atoms with Gasteiger partial charge in [-0.05, 0) is 49.4 Å². The van der Waals surface area contributed by atoms with Gasteiger partial charge in [0, 0.05) is 11.4 Å². The number of sulfonamides is 1. The van der Waals surface area contributed by atoms with Gasteiger partial charge in [-0.3, -0.25) is 9.52 Å². The van der Waals surface area contributed by atoms with Gasteiger partial charge in [-0.15, -0.1) is 0 Å². The zero-order valence-electron chi connectivity index (χ0n) is 14.8. The first kappa shape index (κ1) is 20.4. The number of amides is 1. The van der Waals surface area contributed by atoms with Gasteiger partial charge >= 0.3 is 6.18 Å². The summed E-state index contributed by atoms with van der Waals surface area (Å²) in [6, 6.07) is 9.01. The van der Waals surface area contributed by atoms with Crippen molar-refractivity contribution in [3.8, 4) is 0 Å². The Bertz CT molecular complexity index is 1140. The van der Waals surface area contributed by atoms with Crippen molar-refractivity contribution in [1.82, 2.24) is 5.16 Å². The van der Waals surface area contributed by atoms with E-state index >= 15 is 0 Å². The number of halogens is 3. The van der Waals surface area contributed by atoms with Crippen molar-refractivity contribution in [3.05, 3.63) is 71.6 Å². The van der Waals surface area contributed by atoms with Crippen LogP contribution in [0.3, 0.4) is 0 Å². The van der Waals surface area contributed by atoms with Crippen LogP contribution in [0.15, 0.2) is 64.1 Å². The van der Waals surface area contributed by atoms with Crippen LogP contribution < -0.4 is 10.0 Å². The van der Waals surface area contributed by atoms with E-state index in [2.05, 4.69) is 15.2 Å². The molecule has 0 unspecified atom stereocenters. The van der Waals surface area contributed by atoms with E-state index in [1.54, 1.807) is 6.92 Å². The lowest BCUT2D eigenvalue weighted by Crippen LogP contribution is -2.15. The van der Waals surface area contributed by atoms with Gasteiger partial charge in [0.25, 0.3) is 15.9 Å². The molecule has 0 bridgehead atoms. The van der Waals surface area contributed by atoms with Crippen molar-refractivity contribution >= 4 is 27.3 Å². The van der Waals surface area contributed by atoms with Crippen LogP contribution in [-0.2, 0) is 16.2 Å². The molecule has 0 saturated heterocycles. The summed E-state index contributed by atoms with van der Waals surface area (Å²) >= 11 is 0. The minimum absolute atomic E-state index is 0.113. The zero-order chi connectivity index (χ0) is 21.2. The maximum Gasteiger partial charge on any atom is 0.416 e. The van der Waals surface area contributed by atoms with Crippen LogP contribution in [0.2, 0.25) is 0 Å². The Morgan fingerprint density at radius 2 is 1.72 bits per heavy atom. The predicted molar refractivity (Wildman–Crippen MR) is 97.9 cm³/mol. The third-order valence-corrected chi connectivity index (χ3v) is 5.24. The zero-order valence-corrected chi connectivity index (χ0v) is 15.6. The van der Waals surface area contributed by atoms with Crippen LogP contribution in [0.25, 0.3) is 0 Å². The summed E-state index contributed by atoms with van der Waals surface area (Å²) in [6.45, 7) is 1.58. The summed E-state index contributed by atoms with van der Waals surface area (Å²) in [4.78, 5) is 11.6. The molecule has 2 aromatic carbocycles. The Kier molecular flexibility index (Phi) is 5.33. The third kappa shape index (κ3) is 4.74. The van der Waals surface area contributed by atoms with Crippen molar-refractivity contribution in [2.45, 2.75) is 18.0 Å². The lowest BCUT2D eigenvalue weighted by atomic mass is 10.2. The lowest BCUT2D eigenvalue weighted by Gasteiger charge is -2.11. The van der Waals surface area contributed by atoms with Crippen LogP contribution in [0.1, 0.15) is 21.7 Å². The fourth-order valence-corrected chi connectivity index (χ4v) is 3.49. The number of carbonyl (C=O) groups excluding carboxylic acids is 1. The highest BCUT2D eigenvalue weighted by Crippen LogP contribution is 2.31. The van der Waals surface area contributed by atoms with Crippen LogP contribution in [0, 0.1) is 6.92 Å². The van der Waals surface area contributed by atoms with Crippen molar-refractivity contribution in [2.24, 2.45) is 0 Å². The molecular weight excluding hydrogens is 411 g/mol. The van der Waals surface area contributed by atoms with Gasteiger partial charge in [-0.2, -0.15) is 13.2 Å². The molecule has 0 fully saturated rings. The molecule has 2 N–H and O–H groups in total. The molecule has 0 radical (unpaired) electrons. The molecule has 7 nitrogen and oxygen atoms in total. The number of rotatable bonds is 5. The summed E-state index contributed by atoms with van der Waals surface area (Å²) < 4.78 is 70.1. The quantitative estimate of drug-likeness (QED) is 0.642. The standard InChI is InChI=1S/C18H14F3N3O4S/c1-11-16(10-22-28-11)17(25)23-13-5-7-14(8-6-13)24-29(26,27)15-4-2-3-12(9-15)18(19,20)21/h2-10,24H,1H3,(H,23,25). The lowest BCUT2D eigenvalue weighted by molar-refractivity contribution is -0.137. The number of hydrogen-bond donors (Lipinski definition) is 2. The molecule has 0 aliphatic heterocycles. The highest BCUT2D eigenvalue weighted by molar-refractivity contribution is 7.92. The number of carbonyl (C=O) groups is 1. The summed E-state index contributed by atoms with van der Waals surface area (Å²) in [5.41, 5.74) is -0.332. The summed E-state index contributed by atoms with van der Waals surface area (Å²) in [7, 11) is -4.23. The first-order chi connectivity index (χ1) is 13.6. The molecule has 3 rings (SSSR count). The van der Waals surface area contributed by atoms with E-state index in [4.69, 9.17) is 4.52 Å². The smallest absolute Gasteiger partial charge is 0.361 e. The Hall–Kier alpha value is -3.34. The molecule has 0 atom stereocenters. The van der Waals surface area contributed by atoms with E-state index in [0.29, 0.717) is 17.5 Å². The molecule has 0 saturated carbocycles. The number of anilines is 2. The minimum Gasteiger partial charge on any atom is -0.361 e. The van der Waals surface area contributed by atoms with Crippen molar-refractivity contribution in [2.75, 3.05) is 10.0 Å². The maximum absolute atomic E-state index is 12.8. The second kappa shape index (κ2) is 7.59. The number of benzene rings is 2. The van der Waals surface area contributed by atoms with E-state index < -0.39 is 32.6 Å². The normalized spacial score (nSPS) is 11.9. The summed E-state index contributed by atoms with van der Waals surface area (Å²) in [5.74, 6) is -0.117. The Labute approximate surface area is 163 Å². The van der Waals surface area contributed by atoms with E-state index in [0.717, 1.165) is 18.2 Å². The number of aromatic nitrogens is 1. The van der Waals surface area contributed by atoms with Gasteiger partial charge in [0.1, 0.15) is 11.3 Å². The fraction of sp³-hybridized carbons (Fsp3) is 0.111. The fourth-order valence-electron chi connectivity index (χ4n) is 2.39. The van der Waals surface area contributed by atoms with E-state index in [1.165, 1.54) is 30.5 Å². The predicted octanol–water partition coefficient (Wildman–Crippen LogP) is 4.05. The maximum atomic E-state index is 12.8. The molecule has 0 spiro atoms. The Morgan fingerprint density at radius 3 is 2.31 bits per heavy atom. The summed E-state index contributed by atoms with van der Waals surface area (Å²) in [6.07, 6.45) is -3.39. The van der Waals surface area contributed by atoms with E-state index in [9.17, 15) is 26.4 Å². The van der Waals surface area contributed by atoms with Crippen molar-refractivity contribution < 1.29 is 30.9 Å². The molecule has 11 heteroatoms. The van der Waals surface area contributed by atoms with Gasteiger partial charge < -0.3 is 9.84 Å². The van der Waals surface area contributed by atoms with Gasteiger partial charge in [0.05, 0.1) is 16.7 Å². The van der Waals surface area contributed by atoms with Gasteiger partial charge in [-0.1, -0.05) is 11.2 Å². The Balaban J connectivity index is 1.74. The second-order valence-corrected chi connectivity index (χ2v) is 7.64. The van der Waals surface area contributed by atoms with Gasteiger partial charge in [0.15, 0.2) is 0 Å². The van der Waals surface area contributed by atoms with Crippen LogP contribution in [0.4, 0.5) is 24.5 Å². The Morgan fingerprint density at radius 1 is 1.07 bits per heavy atom. The first-order valence-corrected chi connectivity index (χ1v) is 9.57. The average molecular weight is 425 g/mol. The molecule has 1 amide bonds. The SMILES string of the molecule is Cc1oncc1C(=O)Nc1ccc(NS(=O)(=O)c2cccc(C(F)(F)F)c2)cc1. The van der Waals surface area contributed by atoms with Crippen molar-refractivity contribution in [3.63, 3.8) is 0 Å². The van der Waals surface area contributed by atoms with Gasteiger partial charge in [0.2, 0.25) is 0 Å². The molecule has 1 aromatic heterocycles. The third-order valence-electron chi connectivity index (χ3n) is 3.86. The molecule has 1 heterocycles. The van der Waals surface area contributed by atoms with Crippen molar-refractivity contribution in [1.29, 1.82) is 0 Å². The molecule has 29 heavy (non-hydrogen) atoms. The molecule has 3 aromatic rings. The van der Waals surface area contributed by atoms with Gasteiger partial charge in [-0.25, -0.2) is 8.42 Å². The molecule has 0 aliphatic rings. The van der Waals surface area contributed by atoms with E-state index in [-0.39, 0.29) is 11.3 Å². The number of nitrogens with zero attached hydrogens (tertiary/aromatic N) is 1. The number of hydrogen-bond acceptors (Lipinski definition) is 5. The van der Waals surface area contributed by atoms with E-state index in [1.807, 2.05) is 0 Å². The largest absolute Gasteiger partial charge is 0.416 e. The first-order valence-electron chi connectivity index (χ1n) is 8.09. The van der Waals surface area contributed by atoms with Crippen LogP contribution in [0.5, 0.6) is 0 Å². The topological polar surface area (TPSA) is 101 Å². The second-order valence-electron chi connectivity index (χ2n) is 5.96.